The highest BCUT2D eigenvalue weighted by Crippen LogP contribution is 2.66. The van der Waals surface area contributed by atoms with Gasteiger partial charge in [0.1, 0.15) is 12.6 Å². The lowest BCUT2D eigenvalue weighted by Gasteiger charge is -2.54. The van der Waals surface area contributed by atoms with Gasteiger partial charge in [-0.2, -0.15) is 0 Å². The Morgan fingerprint density at radius 3 is 1.94 bits per heavy atom. The first-order valence-electron chi connectivity index (χ1n) is 16.0. The Morgan fingerprint density at radius 1 is 0.812 bits per heavy atom. The first-order valence-corrected chi connectivity index (χ1v) is 16.9. The quantitative estimate of drug-likeness (QED) is 0.109. The summed E-state index contributed by atoms with van der Waals surface area (Å²) in [6, 6.07) is 36.2. The van der Waals surface area contributed by atoms with Crippen LogP contribution in [0.3, 0.4) is 0 Å². The van der Waals surface area contributed by atoms with E-state index in [0.29, 0.717) is 5.56 Å². The lowest BCUT2D eigenvalue weighted by molar-refractivity contribution is -0.179. The number of allylic oxidation sites excluding steroid dienone is 1. The molecule has 1 spiro atoms. The number of fused-ring (bicyclic) bond motifs is 2. The van der Waals surface area contributed by atoms with Gasteiger partial charge in [0, 0.05) is 15.9 Å². The van der Waals surface area contributed by atoms with Crippen LogP contribution in [0, 0.1) is 11.3 Å². The molecule has 0 aromatic heterocycles. The van der Waals surface area contributed by atoms with Crippen LogP contribution in [-0.4, -0.2) is 44.7 Å². The van der Waals surface area contributed by atoms with Crippen LogP contribution < -0.4 is 0 Å². The second kappa shape index (κ2) is 12.6. The molecule has 2 fully saturated rings. The van der Waals surface area contributed by atoms with Crippen molar-refractivity contribution in [1.29, 1.82) is 0 Å². The highest BCUT2D eigenvalue weighted by atomic mass is 32.2. The van der Waals surface area contributed by atoms with Crippen LogP contribution in [0.15, 0.2) is 133 Å². The fraction of sp³-hybridized carbons (Fsp3) is 0.250. The van der Waals surface area contributed by atoms with E-state index in [2.05, 4.69) is 0 Å². The Balaban J connectivity index is 1.19. The third-order valence-corrected chi connectivity index (χ3v) is 11.3. The Morgan fingerprint density at radius 2 is 1.35 bits per heavy atom. The molecule has 2 aliphatic heterocycles. The van der Waals surface area contributed by atoms with E-state index in [0.717, 1.165) is 16.7 Å². The average Bonchev–Trinajstić information content (AvgIpc) is 3.66. The molecule has 8 heteroatoms. The van der Waals surface area contributed by atoms with Crippen molar-refractivity contribution < 1.29 is 28.7 Å². The number of hydrogen-bond donors (Lipinski definition) is 0. The normalized spacial score (nSPS) is 23.7. The van der Waals surface area contributed by atoms with Crippen LogP contribution >= 0.6 is 11.8 Å². The first-order chi connectivity index (χ1) is 23.2. The number of esters is 2. The van der Waals surface area contributed by atoms with Gasteiger partial charge >= 0.3 is 11.9 Å². The smallest absolute Gasteiger partial charge is 0.334 e. The molecule has 7 rings (SSSR count). The van der Waals surface area contributed by atoms with Crippen molar-refractivity contribution in [2.75, 3.05) is 0 Å². The molecule has 4 atom stereocenters. The number of hydrogen-bond acceptors (Lipinski definition) is 7. The first kappa shape index (κ1) is 31.6. The van der Waals surface area contributed by atoms with Gasteiger partial charge < -0.3 is 14.4 Å². The van der Waals surface area contributed by atoms with Gasteiger partial charge in [-0.05, 0) is 37.0 Å². The van der Waals surface area contributed by atoms with Gasteiger partial charge in [-0.1, -0.05) is 127 Å². The number of Topliss-reactive ketones (excluding diaryl/α,β-unsaturated/α-hetero) is 1. The number of ketones is 1. The molecule has 3 aliphatic rings. The maximum absolute atomic E-state index is 14.6. The molecule has 1 aliphatic carbocycles. The van der Waals surface area contributed by atoms with Crippen LogP contribution in [0.4, 0.5) is 0 Å². The number of carbonyl (C=O) groups excluding carboxylic acids is 4. The lowest BCUT2D eigenvalue weighted by atomic mass is 9.64. The molecular weight excluding hydrogens is 623 g/mol. The molecule has 4 aromatic rings. The SMILES string of the molecule is CC1(C)S[C@H]2N(C(=O)[C@@]23CC=C(C(=O)OCc2ccccc2)[C@@H]3C(=O)c2ccccc2)[C@H]1C(=O)OC(c1ccccc1)c1ccccc1. The summed E-state index contributed by atoms with van der Waals surface area (Å²) in [5.41, 5.74) is 1.80. The fourth-order valence-electron chi connectivity index (χ4n) is 7.30. The van der Waals surface area contributed by atoms with Gasteiger partial charge in [-0.15, -0.1) is 11.8 Å². The summed E-state index contributed by atoms with van der Waals surface area (Å²) in [5.74, 6) is -2.85. The third-order valence-electron chi connectivity index (χ3n) is 9.59. The minimum absolute atomic E-state index is 0.0411. The van der Waals surface area contributed by atoms with Crippen molar-refractivity contribution in [1.82, 2.24) is 4.90 Å². The lowest BCUT2D eigenvalue weighted by Crippen LogP contribution is -2.71. The van der Waals surface area contributed by atoms with Gasteiger partial charge in [0.2, 0.25) is 5.91 Å². The fourth-order valence-corrected chi connectivity index (χ4v) is 9.09. The molecule has 0 bridgehead atoms. The number of rotatable bonds is 9. The van der Waals surface area contributed by atoms with E-state index >= 15 is 0 Å². The number of β-lactam (4-membered cyclic amide) rings is 1. The molecule has 1 amide bonds. The van der Waals surface area contributed by atoms with Crippen LogP contribution in [0.5, 0.6) is 0 Å². The maximum atomic E-state index is 14.6. The zero-order valence-corrected chi connectivity index (χ0v) is 27.5. The van der Waals surface area contributed by atoms with Crippen molar-refractivity contribution in [3.05, 3.63) is 155 Å². The number of nitrogens with zero attached hydrogens (tertiary/aromatic N) is 1. The standard InChI is InChI=1S/C40H35NO6S/c1-39(2)34(36(44)47-33(28-19-11-5-12-20-28)29-21-13-6-14-22-29)41-37(45)40(38(41)48-39)24-23-30(31(40)32(42)27-17-9-4-10-18-27)35(43)46-25-26-15-7-3-8-16-26/h3-23,31,33-34,38H,24-25H2,1-2H3/t31-,34+,38-,40+/m1/s1. The number of ether oxygens (including phenoxy) is 2. The van der Waals surface area contributed by atoms with E-state index in [4.69, 9.17) is 9.47 Å². The molecule has 242 valence electrons. The summed E-state index contributed by atoms with van der Waals surface area (Å²) in [4.78, 5) is 58.3. The molecule has 2 saturated heterocycles. The van der Waals surface area contributed by atoms with E-state index in [1.54, 1.807) is 35.2 Å². The summed E-state index contributed by atoms with van der Waals surface area (Å²) < 4.78 is 11.2. The Bertz CT molecular complexity index is 1840. The van der Waals surface area contributed by atoms with E-state index in [1.807, 2.05) is 111 Å². The van der Waals surface area contributed by atoms with Crippen LogP contribution in [0.25, 0.3) is 0 Å². The summed E-state index contributed by atoms with van der Waals surface area (Å²) in [5, 5.41) is -0.530. The summed E-state index contributed by atoms with van der Waals surface area (Å²) in [7, 11) is 0. The summed E-state index contributed by atoms with van der Waals surface area (Å²) >= 11 is 1.48. The molecule has 0 N–H and O–H groups in total. The van der Waals surface area contributed by atoms with Crippen molar-refractivity contribution in [3.8, 4) is 0 Å². The number of amides is 1. The second-order valence-electron chi connectivity index (χ2n) is 13.0. The predicted octanol–water partition coefficient (Wildman–Crippen LogP) is 6.94. The molecule has 0 saturated carbocycles. The minimum atomic E-state index is -1.23. The second-order valence-corrected chi connectivity index (χ2v) is 14.7. The van der Waals surface area contributed by atoms with E-state index in [9.17, 15) is 19.2 Å². The maximum Gasteiger partial charge on any atom is 0.334 e. The molecule has 4 aromatic carbocycles. The van der Waals surface area contributed by atoms with Crippen LogP contribution in [0.2, 0.25) is 0 Å². The number of benzene rings is 4. The van der Waals surface area contributed by atoms with Gasteiger partial charge in [-0.25, -0.2) is 9.59 Å². The minimum Gasteiger partial charge on any atom is -0.457 e. The highest BCUT2D eigenvalue weighted by Gasteiger charge is 2.76. The molecule has 0 radical (unpaired) electrons. The van der Waals surface area contributed by atoms with Crippen LogP contribution in [0.1, 0.15) is 53.4 Å². The van der Waals surface area contributed by atoms with Crippen molar-refractivity contribution >= 4 is 35.4 Å². The van der Waals surface area contributed by atoms with Gasteiger partial charge in [0.25, 0.3) is 0 Å². The topological polar surface area (TPSA) is 90.0 Å². The van der Waals surface area contributed by atoms with E-state index < -0.39 is 45.5 Å². The molecule has 48 heavy (non-hydrogen) atoms. The van der Waals surface area contributed by atoms with Gasteiger partial charge in [-0.3, -0.25) is 9.59 Å². The molecule has 2 heterocycles. The van der Waals surface area contributed by atoms with Crippen molar-refractivity contribution in [2.24, 2.45) is 11.3 Å². The third kappa shape index (κ3) is 5.34. The molecule has 0 unspecified atom stereocenters. The monoisotopic (exact) mass is 657 g/mol. The Kier molecular flexibility index (Phi) is 8.29. The summed E-state index contributed by atoms with van der Waals surface area (Å²) in [6.45, 7) is 3.89. The number of carbonyl (C=O) groups is 4. The molecule has 7 nitrogen and oxygen atoms in total. The van der Waals surface area contributed by atoms with Crippen LogP contribution in [-0.2, 0) is 30.5 Å². The zero-order chi connectivity index (χ0) is 33.5. The zero-order valence-electron chi connectivity index (χ0n) is 26.7. The van der Waals surface area contributed by atoms with Crippen molar-refractivity contribution in [2.45, 2.75) is 49.1 Å². The number of thioether (sulfide) groups is 1. The summed E-state index contributed by atoms with van der Waals surface area (Å²) in [6.07, 6.45) is 1.21. The van der Waals surface area contributed by atoms with Gasteiger partial charge in [0.05, 0.1) is 16.7 Å². The van der Waals surface area contributed by atoms with E-state index in [-0.39, 0.29) is 30.3 Å². The van der Waals surface area contributed by atoms with Gasteiger partial charge in [0.15, 0.2) is 11.9 Å². The van der Waals surface area contributed by atoms with Crippen molar-refractivity contribution in [3.63, 3.8) is 0 Å². The largest absolute Gasteiger partial charge is 0.457 e. The highest BCUT2D eigenvalue weighted by molar-refractivity contribution is 8.01. The molecular formula is C40H35NO6S. The Labute approximate surface area is 283 Å². The Hall–Kier alpha value is -4.95. The van der Waals surface area contributed by atoms with E-state index in [1.165, 1.54) is 11.8 Å². The average molecular weight is 658 g/mol. The predicted molar refractivity (Wildman–Crippen MR) is 183 cm³/mol.